The predicted molar refractivity (Wildman–Crippen MR) is 112 cm³/mol. The molecular weight excluding hydrogens is 405 g/mol. The van der Waals surface area contributed by atoms with Crippen molar-refractivity contribution in [1.82, 2.24) is 20.3 Å². The van der Waals surface area contributed by atoms with Gasteiger partial charge in [0.2, 0.25) is 11.9 Å². The number of para-hydroxylation sites is 1. The van der Waals surface area contributed by atoms with Gasteiger partial charge >= 0.3 is 0 Å². The number of thiazole rings is 1. The Hall–Kier alpha value is -2.81. The highest BCUT2D eigenvalue weighted by Crippen LogP contribution is 2.35. The van der Waals surface area contributed by atoms with Crippen LogP contribution in [0.1, 0.15) is 25.7 Å². The average Bonchev–Trinajstić information content (AvgIpc) is 3.21. The van der Waals surface area contributed by atoms with Crippen LogP contribution in [0.25, 0.3) is 10.2 Å². The molecule has 0 unspecified atom stereocenters. The van der Waals surface area contributed by atoms with E-state index in [1.165, 1.54) is 12.4 Å². The third-order valence-corrected chi connectivity index (χ3v) is 6.61. The molecule has 0 spiro atoms. The van der Waals surface area contributed by atoms with Crippen molar-refractivity contribution in [2.45, 2.75) is 37.8 Å². The molecule has 3 aromatic rings. The molecule has 0 radical (unpaired) electrons. The number of hydrogen-bond donors (Lipinski definition) is 1. The summed E-state index contributed by atoms with van der Waals surface area (Å²) in [6.45, 7) is 1.48. The predicted octanol–water partition coefficient (Wildman–Crippen LogP) is 3.17. The summed E-state index contributed by atoms with van der Waals surface area (Å²) < 4.78 is 20.2. The number of ether oxygens (including phenoxy) is 1. The van der Waals surface area contributed by atoms with E-state index >= 15 is 0 Å². The summed E-state index contributed by atoms with van der Waals surface area (Å²) in [6, 6.07) is 6.10. The van der Waals surface area contributed by atoms with Crippen molar-refractivity contribution in [3.8, 4) is 5.75 Å². The van der Waals surface area contributed by atoms with Crippen LogP contribution in [-0.4, -0.2) is 46.1 Å². The molecule has 9 heteroatoms. The molecule has 1 aliphatic carbocycles. The van der Waals surface area contributed by atoms with Crippen LogP contribution >= 0.6 is 11.3 Å². The van der Waals surface area contributed by atoms with Crippen molar-refractivity contribution < 1.29 is 13.9 Å². The number of carbonyl (C=O) groups excluding carboxylic acids is 1. The van der Waals surface area contributed by atoms with E-state index in [4.69, 9.17) is 4.74 Å². The second kappa shape index (κ2) is 8.14. The van der Waals surface area contributed by atoms with Gasteiger partial charge in [0.1, 0.15) is 17.4 Å². The molecule has 30 heavy (non-hydrogen) atoms. The van der Waals surface area contributed by atoms with Crippen LogP contribution in [0, 0.1) is 11.7 Å². The molecule has 3 heterocycles. The first-order valence-corrected chi connectivity index (χ1v) is 11.1. The van der Waals surface area contributed by atoms with Gasteiger partial charge in [-0.05, 0) is 37.8 Å². The van der Waals surface area contributed by atoms with E-state index in [1.54, 1.807) is 11.3 Å². The molecule has 1 N–H and O–H groups in total. The van der Waals surface area contributed by atoms with Gasteiger partial charge in [-0.1, -0.05) is 6.07 Å². The van der Waals surface area contributed by atoms with Gasteiger partial charge in [0.05, 0.1) is 22.6 Å². The number of rotatable bonds is 5. The Labute approximate surface area is 177 Å². The third kappa shape index (κ3) is 3.94. The molecule has 5 rings (SSSR count). The fraction of sp³-hybridized carbons (Fsp3) is 0.429. The number of hydrogen-bond acceptors (Lipinski definition) is 7. The number of fused-ring (bicyclic) bond motifs is 1. The van der Waals surface area contributed by atoms with Crippen molar-refractivity contribution in [3.05, 3.63) is 41.9 Å². The van der Waals surface area contributed by atoms with Crippen molar-refractivity contribution >= 4 is 33.4 Å². The number of anilines is 1. The standard InChI is InChI=1S/C21H22FN5O2S/c22-14-10-23-21(24-11-14)27-6-4-15(5-7-27)26-20(28)13-8-16(9-13)29-17-2-1-3-18-19(17)25-12-30-18/h1-3,10-13,15-16H,4-9H2,(H,26,28). The summed E-state index contributed by atoms with van der Waals surface area (Å²) >= 11 is 1.60. The van der Waals surface area contributed by atoms with Gasteiger partial charge in [-0.2, -0.15) is 0 Å². The van der Waals surface area contributed by atoms with Crippen LogP contribution < -0.4 is 15.0 Å². The van der Waals surface area contributed by atoms with Gasteiger partial charge in [0.15, 0.2) is 5.82 Å². The highest BCUT2D eigenvalue weighted by atomic mass is 32.1. The topological polar surface area (TPSA) is 80.2 Å². The van der Waals surface area contributed by atoms with Gasteiger partial charge in [0, 0.05) is 25.0 Å². The Balaban J connectivity index is 1.08. The first-order valence-electron chi connectivity index (χ1n) is 10.2. The quantitative estimate of drug-likeness (QED) is 0.674. The molecule has 1 saturated heterocycles. The van der Waals surface area contributed by atoms with E-state index in [1.807, 2.05) is 28.6 Å². The zero-order chi connectivity index (χ0) is 20.5. The molecule has 7 nitrogen and oxygen atoms in total. The molecule has 1 aromatic carbocycles. The molecule has 2 aromatic heterocycles. The molecule has 0 bridgehead atoms. The van der Waals surface area contributed by atoms with Crippen molar-refractivity contribution in [1.29, 1.82) is 0 Å². The largest absolute Gasteiger partial charge is 0.488 e. The maximum atomic E-state index is 13.0. The maximum absolute atomic E-state index is 13.0. The van der Waals surface area contributed by atoms with E-state index in [0.29, 0.717) is 5.95 Å². The Bertz CT molecular complexity index is 1030. The monoisotopic (exact) mass is 427 g/mol. The summed E-state index contributed by atoms with van der Waals surface area (Å²) in [5.74, 6) is 1.01. The Morgan fingerprint density at radius 1 is 1.17 bits per heavy atom. The molecule has 1 saturated carbocycles. The summed E-state index contributed by atoms with van der Waals surface area (Å²) in [4.78, 5) is 27.1. The van der Waals surface area contributed by atoms with Crippen LogP contribution in [0.5, 0.6) is 5.75 Å². The third-order valence-electron chi connectivity index (χ3n) is 5.81. The molecular formula is C21H22FN5O2S. The van der Waals surface area contributed by atoms with Crippen molar-refractivity contribution in [2.75, 3.05) is 18.0 Å². The average molecular weight is 428 g/mol. The molecule has 156 valence electrons. The Morgan fingerprint density at radius 3 is 2.70 bits per heavy atom. The number of piperidine rings is 1. The van der Waals surface area contributed by atoms with Crippen LogP contribution in [0.4, 0.5) is 10.3 Å². The Morgan fingerprint density at radius 2 is 1.93 bits per heavy atom. The van der Waals surface area contributed by atoms with E-state index in [-0.39, 0.29) is 24.0 Å². The fourth-order valence-electron chi connectivity index (χ4n) is 4.02. The lowest BCUT2D eigenvalue weighted by Gasteiger charge is -2.37. The maximum Gasteiger partial charge on any atom is 0.225 e. The van der Waals surface area contributed by atoms with Crippen LogP contribution in [0.2, 0.25) is 0 Å². The molecule has 0 atom stereocenters. The van der Waals surface area contributed by atoms with Gasteiger partial charge in [0.25, 0.3) is 0 Å². The number of carbonyl (C=O) groups is 1. The van der Waals surface area contributed by atoms with Gasteiger partial charge in [-0.25, -0.2) is 19.3 Å². The van der Waals surface area contributed by atoms with Crippen molar-refractivity contribution in [3.63, 3.8) is 0 Å². The lowest BCUT2D eigenvalue weighted by Crippen LogP contribution is -2.50. The van der Waals surface area contributed by atoms with E-state index in [9.17, 15) is 9.18 Å². The highest BCUT2D eigenvalue weighted by molar-refractivity contribution is 7.16. The summed E-state index contributed by atoms with van der Waals surface area (Å²) in [6.07, 6.45) is 5.53. The summed E-state index contributed by atoms with van der Waals surface area (Å²) in [5, 5.41) is 3.18. The highest BCUT2D eigenvalue weighted by Gasteiger charge is 2.37. The lowest BCUT2D eigenvalue weighted by molar-refractivity contribution is -0.131. The number of halogens is 1. The molecule has 2 aliphatic rings. The molecule has 2 fully saturated rings. The number of aromatic nitrogens is 3. The van der Waals surface area contributed by atoms with E-state index in [0.717, 1.165) is 54.7 Å². The smallest absolute Gasteiger partial charge is 0.225 e. The van der Waals surface area contributed by atoms with Crippen LogP contribution in [0.3, 0.4) is 0 Å². The van der Waals surface area contributed by atoms with Crippen LogP contribution in [-0.2, 0) is 4.79 Å². The minimum atomic E-state index is -0.438. The first kappa shape index (κ1) is 19.2. The zero-order valence-electron chi connectivity index (χ0n) is 16.3. The van der Waals surface area contributed by atoms with E-state index < -0.39 is 5.82 Å². The number of benzene rings is 1. The van der Waals surface area contributed by atoms with Gasteiger partial charge in [-0.3, -0.25) is 4.79 Å². The number of nitrogens with one attached hydrogen (secondary N) is 1. The second-order valence-electron chi connectivity index (χ2n) is 7.83. The minimum absolute atomic E-state index is 0.00287. The summed E-state index contributed by atoms with van der Waals surface area (Å²) in [7, 11) is 0. The molecule has 1 aliphatic heterocycles. The van der Waals surface area contributed by atoms with Crippen LogP contribution in [0.15, 0.2) is 36.1 Å². The zero-order valence-corrected chi connectivity index (χ0v) is 17.1. The number of amides is 1. The van der Waals surface area contributed by atoms with Crippen molar-refractivity contribution in [2.24, 2.45) is 5.92 Å². The number of nitrogens with zero attached hydrogens (tertiary/aromatic N) is 4. The first-order chi connectivity index (χ1) is 14.7. The normalized spacial score (nSPS) is 22.0. The van der Waals surface area contributed by atoms with E-state index in [2.05, 4.69) is 20.3 Å². The summed E-state index contributed by atoms with van der Waals surface area (Å²) in [5.41, 5.74) is 2.72. The minimum Gasteiger partial charge on any atom is -0.488 e. The SMILES string of the molecule is O=C(NC1CCN(c2ncc(F)cn2)CC1)C1CC(Oc2cccc3scnc23)C1. The van der Waals surface area contributed by atoms with Gasteiger partial charge in [-0.15, -0.1) is 11.3 Å². The Kier molecular flexibility index (Phi) is 5.20. The van der Waals surface area contributed by atoms with Gasteiger partial charge < -0.3 is 15.0 Å². The molecule has 1 amide bonds. The fourth-order valence-corrected chi connectivity index (χ4v) is 4.72. The second-order valence-corrected chi connectivity index (χ2v) is 8.72. The lowest BCUT2D eigenvalue weighted by atomic mass is 9.81.